The lowest BCUT2D eigenvalue weighted by Gasteiger charge is -2.30. The Bertz CT molecular complexity index is 106. The highest BCUT2D eigenvalue weighted by Crippen LogP contribution is 2.19. The SMILES string of the molecule is CCO[C@H]1C[C@H](O)C[C@H](C)O1. The Hall–Kier alpha value is -0.120. The summed E-state index contributed by atoms with van der Waals surface area (Å²) in [6.45, 7) is 4.52. The summed E-state index contributed by atoms with van der Waals surface area (Å²) in [4.78, 5) is 0. The van der Waals surface area contributed by atoms with Gasteiger partial charge in [-0.3, -0.25) is 0 Å². The van der Waals surface area contributed by atoms with Gasteiger partial charge in [0.15, 0.2) is 6.29 Å². The zero-order chi connectivity index (χ0) is 8.27. The van der Waals surface area contributed by atoms with Gasteiger partial charge in [-0.25, -0.2) is 0 Å². The smallest absolute Gasteiger partial charge is 0.160 e. The quantitative estimate of drug-likeness (QED) is 0.652. The van der Waals surface area contributed by atoms with Crippen LogP contribution in [-0.4, -0.2) is 30.2 Å². The van der Waals surface area contributed by atoms with Crippen molar-refractivity contribution in [2.75, 3.05) is 6.61 Å². The molecule has 0 aromatic carbocycles. The number of hydrogen-bond acceptors (Lipinski definition) is 3. The van der Waals surface area contributed by atoms with Gasteiger partial charge >= 0.3 is 0 Å². The molecule has 0 aliphatic carbocycles. The van der Waals surface area contributed by atoms with Crippen LogP contribution in [0.5, 0.6) is 0 Å². The van der Waals surface area contributed by atoms with Gasteiger partial charge < -0.3 is 14.6 Å². The van der Waals surface area contributed by atoms with E-state index < -0.39 is 0 Å². The second-order valence-electron chi connectivity index (χ2n) is 2.96. The summed E-state index contributed by atoms with van der Waals surface area (Å²) in [5, 5.41) is 9.32. The van der Waals surface area contributed by atoms with Crippen LogP contribution in [0, 0.1) is 0 Å². The molecule has 1 fully saturated rings. The molecule has 0 unspecified atom stereocenters. The van der Waals surface area contributed by atoms with Crippen LogP contribution in [0.2, 0.25) is 0 Å². The van der Waals surface area contributed by atoms with E-state index in [4.69, 9.17) is 9.47 Å². The van der Waals surface area contributed by atoms with Crippen molar-refractivity contribution in [1.29, 1.82) is 0 Å². The van der Waals surface area contributed by atoms with Gasteiger partial charge in [0, 0.05) is 13.0 Å². The summed E-state index contributed by atoms with van der Waals surface area (Å²) in [6.07, 6.45) is 1.01. The molecule has 0 saturated carbocycles. The lowest BCUT2D eigenvalue weighted by Crippen LogP contribution is -2.35. The molecule has 11 heavy (non-hydrogen) atoms. The fourth-order valence-electron chi connectivity index (χ4n) is 1.36. The molecule has 0 radical (unpaired) electrons. The van der Waals surface area contributed by atoms with E-state index in [1.165, 1.54) is 0 Å². The molecule has 1 N–H and O–H groups in total. The summed E-state index contributed by atoms with van der Waals surface area (Å²) >= 11 is 0. The van der Waals surface area contributed by atoms with Crippen molar-refractivity contribution in [3.05, 3.63) is 0 Å². The lowest BCUT2D eigenvalue weighted by molar-refractivity contribution is -0.208. The first kappa shape index (κ1) is 8.97. The monoisotopic (exact) mass is 160 g/mol. The molecule has 0 bridgehead atoms. The van der Waals surface area contributed by atoms with Crippen LogP contribution in [0.1, 0.15) is 26.7 Å². The number of aliphatic hydroxyl groups excluding tert-OH is 1. The summed E-state index contributed by atoms with van der Waals surface area (Å²) in [6, 6.07) is 0. The minimum Gasteiger partial charge on any atom is -0.393 e. The van der Waals surface area contributed by atoms with Crippen molar-refractivity contribution >= 4 is 0 Å². The van der Waals surface area contributed by atoms with E-state index >= 15 is 0 Å². The minimum absolute atomic E-state index is 0.121. The molecule has 0 amide bonds. The third-order valence-electron chi connectivity index (χ3n) is 1.81. The lowest BCUT2D eigenvalue weighted by atomic mass is 10.1. The van der Waals surface area contributed by atoms with Gasteiger partial charge in [-0.15, -0.1) is 0 Å². The first-order valence-electron chi connectivity index (χ1n) is 4.17. The Morgan fingerprint density at radius 3 is 2.82 bits per heavy atom. The van der Waals surface area contributed by atoms with Gasteiger partial charge in [0.2, 0.25) is 0 Å². The Morgan fingerprint density at radius 1 is 1.55 bits per heavy atom. The maximum Gasteiger partial charge on any atom is 0.160 e. The fourth-order valence-corrected chi connectivity index (χ4v) is 1.36. The number of rotatable bonds is 2. The van der Waals surface area contributed by atoms with E-state index in [0.29, 0.717) is 13.0 Å². The Morgan fingerprint density at radius 2 is 2.27 bits per heavy atom. The van der Waals surface area contributed by atoms with Crippen molar-refractivity contribution < 1.29 is 14.6 Å². The van der Waals surface area contributed by atoms with Gasteiger partial charge in [-0.05, 0) is 20.3 Å². The Balaban J connectivity index is 2.30. The molecule has 0 spiro atoms. The molecule has 1 saturated heterocycles. The van der Waals surface area contributed by atoms with Crippen molar-refractivity contribution in [3.8, 4) is 0 Å². The molecule has 1 aliphatic rings. The number of aliphatic hydroxyl groups is 1. The molecule has 3 atom stereocenters. The molecule has 3 nitrogen and oxygen atoms in total. The molecule has 66 valence electrons. The van der Waals surface area contributed by atoms with E-state index in [1.807, 2.05) is 13.8 Å². The van der Waals surface area contributed by atoms with E-state index in [9.17, 15) is 5.11 Å². The van der Waals surface area contributed by atoms with Crippen LogP contribution in [0.3, 0.4) is 0 Å². The summed E-state index contributed by atoms with van der Waals surface area (Å²) in [7, 11) is 0. The predicted octanol–water partition coefficient (Wildman–Crippen LogP) is 0.909. The van der Waals surface area contributed by atoms with Crippen molar-refractivity contribution in [1.82, 2.24) is 0 Å². The van der Waals surface area contributed by atoms with Crippen LogP contribution >= 0.6 is 0 Å². The molecule has 0 aromatic rings. The van der Waals surface area contributed by atoms with Crippen LogP contribution in [0.15, 0.2) is 0 Å². The average Bonchev–Trinajstić information content (AvgIpc) is 1.85. The highest BCUT2D eigenvalue weighted by molar-refractivity contribution is 4.69. The van der Waals surface area contributed by atoms with Gasteiger partial charge in [0.25, 0.3) is 0 Å². The highest BCUT2D eigenvalue weighted by Gasteiger charge is 2.25. The van der Waals surface area contributed by atoms with Crippen molar-refractivity contribution in [2.45, 2.75) is 45.2 Å². The summed E-state index contributed by atoms with van der Waals surface area (Å²) < 4.78 is 10.7. The average molecular weight is 160 g/mol. The highest BCUT2D eigenvalue weighted by atomic mass is 16.7. The molecular weight excluding hydrogens is 144 g/mol. The third kappa shape index (κ3) is 2.77. The van der Waals surface area contributed by atoms with E-state index in [-0.39, 0.29) is 18.5 Å². The molecular formula is C8H16O3. The van der Waals surface area contributed by atoms with Crippen LogP contribution in [-0.2, 0) is 9.47 Å². The van der Waals surface area contributed by atoms with Crippen molar-refractivity contribution in [3.63, 3.8) is 0 Å². The van der Waals surface area contributed by atoms with Gasteiger partial charge in [-0.1, -0.05) is 0 Å². The van der Waals surface area contributed by atoms with Crippen LogP contribution in [0.25, 0.3) is 0 Å². The van der Waals surface area contributed by atoms with Crippen LogP contribution < -0.4 is 0 Å². The number of ether oxygens (including phenoxy) is 2. The van der Waals surface area contributed by atoms with E-state index in [1.54, 1.807) is 0 Å². The third-order valence-corrected chi connectivity index (χ3v) is 1.81. The number of hydrogen-bond donors (Lipinski definition) is 1. The fraction of sp³-hybridized carbons (Fsp3) is 1.00. The molecule has 0 aromatic heterocycles. The maximum absolute atomic E-state index is 9.32. The van der Waals surface area contributed by atoms with E-state index in [0.717, 1.165) is 6.42 Å². The van der Waals surface area contributed by atoms with Gasteiger partial charge in [0.05, 0.1) is 12.2 Å². The van der Waals surface area contributed by atoms with Gasteiger partial charge in [-0.2, -0.15) is 0 Å². The predicted molar refractivity (Wildman–Crippen MR) is 41.2 cm³/mol. The topological polar surface area (TPSA) is 38.7 Å². The Labute approximate surface area is 67.3 Å². The zero-order valence-corrected chi connectivity index (χ0v) is 7.12. The molecule has 1 heterocycles. The van der Waals surface area contributed by atoms with Crippen LogP contribution in [0.4, 0.5) is 0 Å². The molecule has 1 rings (SSSR count). The summed E-state index contributed by atoms with van der Waals surface area (Å²) in [5.41, 5.74) is 0. The van der Waals surface area contributed by atoms with Gasteiger partial charge in [0.1, 0.15) is 0 Å². The minimum atomic E-state index is -0.254. The second kappa shape index (κ2) is 4.04. The maximum atomic E-state index is 9.32. The normalized spacial score (nSPS) is 39.0. The first-order chi connectivity index (χ1) is 5.22. The van der Waals surface area contributed by atoms with Crippen molar-refractivity contribution in [2.24, 2.45) is 0 Å². The largest absolute Gasteiger partial charge is 0.393 e. The molecule has 1 aliphatic heterocycles. The molecule has 3 heteroatoms. The summed E-state index contributed by atoms with van der Waals surface area (Å²) in [5.74, 6) is 0. The first-order valence-corrected chi connectivity index (χ1v) is 4.17. The standard InChI is InChI=1S/C8H16O3/c1-3-10-8-5-7(9)4-6(2)11-8/h6-9H,3-5H2,1-2H3/t6-,7+,8+/m0/s1. The zero-order valence-electron chi connectivity index (χ0n) is 7.12. The second-order valence-corrected chi connectivity index (χ2v) is 2.96. The Kier molecular flexibility index (Phi) is 3.30. The van der Waals surface area contributed by atoms with E-state index in [2.05, 4.69) is 0 Å².